The summed E-state index contributed by atoms with van der Waals surface area (Å²) in [6, 6.07) is 6.44. The largest absolute Gasteiger partial charge is 0.357 e. The maximum Gasteiger partial charge on any atom is 0.223 e. The van der Waals surface area contributed by atoms with Crippen molar-refractivity contribution in [3.63, 3.8) is 0 Å². The summed E-state index contributed by atoms with van der Waals surface area (Å²) in [6.45, 7) is 8.38. The first kappa shape index (κ1) is 12.6. The monoisotopic (exact) mass is 241 g/mol. The summed E-state index contributed by atoms with van der Waals surface area (Å²) in [7, 11) is 1.84. The standard InChI is InChI=1S/C15H19N3/c1-9-6-11(3)13(7-10(9)2)14-8-12(4)17-15(16-5)18-14/h6-8H,1-5H3,(H,16,17,18). The van der Waals surface area contributed by atoms with Crippen molar-refractivity contribution in [1.82, 2.24) is 9.97 Å². The van der Waals surface area contributed by atoms with Gasteiger partial charge in [0.25, 0.3) is 0 Å². The van der Waals surface area contributed by atoms with Gasteiger partial charge >= 0.3 is 0 Å². The minimum Gasteiger partial charge on any atom is -0.357 e. The summed E-state index contributed by atoms with van der Waals surface area (Å²) < 4.78 is 0. The first-order valence-corrected chi connectivity index (χ1v) is 6.13. The van der Waals surface area contributed by atoms with Gasteiger partial charge in [-0.3, -0.25) is 0 Å². The van der Waals surface area contributed by atoms with Gasteiger partial charge in [0.15, 0.2) is 0 Å². The number of nitrogens with zero attached hydrogens (tertiary/aromatic N) is 2. The van der Waals surface area contributed by atoms with E-state index in [1.54, 1.807) is 0 Å². The van der Waals surface area contributed by atoms with Crippen LogP contribution in [0.3, 0.4) is 0 Å². The highest BCUT2D eigenvalue weighted by Crippen LogP contribution is 2.26. The van der Waals surface area contributed by atoms with Crippen LogP contribution in [0.25, 0.3) is 11.3 Å². The van der Waals surface area contributed by atoms with Crippen molar-refractivity contribution in [2.75, 3.05) is 12.4 Å². The summed E-state index contributed by atoms with van der Waals surface area (Å²) in [5.41, 5.74) is 6.99. The van der Waals surface area contributed by atoms with Crippen LogP contribution in [0.4, 0.5) is 5.95 Å². The zero-order valence-corrected chi connectivity index (χ0v) is 11.6. The molecule has 0 saturated carbocycles. The maximum absolute atomic E-state index is 4.53. The smallest absolute Gasteiger partial charge is 0.223 e. The number of aromatic nitrogens is 2. The number of rotatable bonds is 2. The van der Waals surface area contributed by atoms with Crippen molar-refractivity contribution >= 4 is 5.95 Å². The van der Waals surface area contributed by atoms with E-state index in [-0.39, 0.29) is 0 Å². The van der Waals surface area contributed by atoms with E-state index in [1.807, 2.05) is 20.0 Å². The number of benzene rings is 1. The van der Waals surface area contributed by atoms with E-state index in [4.69, 9.17) is 0 Å². The Morgan fingerprint density at radius 2 is 1.50 bits per heavy atom. The molecule has 0 aliphatic rings. The molecule has 3 heteroatoms. The van der Waals surface area contributed by atoms with Crippen molar-refractivity contribution in [3.8, 4) is 11.3 Å². The predicted molar refractivity (Wildman–Crippen MR) is 76.0 cm³/mol. The SMILES string of the molecule is CNc1nc(C)cc(-c2cc(C)c(C)cc2C)n1. The Hall–Kier alpha value is -1.90. The molecule has 94 valence electrons. The molecule has 0 radical (unpaired) electrons. The van der Waals surface area contributed by atoms with E-state index in [0.717, 1.165) is 11.4 Å². The van der Waals surface area contributed by atoms with Crippen LogP contribution in [0.2, 0.25) is 0 Å². The Balaban J connectivity index is 2.61. The number of nitrogens with one attached hydrogen (secondary N) is 1. The average molecular weight is 241 g/mol. The number of hydrogen-bond acceptors (Lipinski definition) is 3. The van der Waals surface area contributed by atoms with Crippen molar-refractivity contribution < 1.29 is 0 Å². The molecule has 1 N–H and O–H groups in total. The average Bonchev–Trinajstić information content (AvgIpc) is 2.33. The Kier molecular flexibility index (Phi) is 3.32. The molecule has 0 atom stereocenters. The molecule has 0 bridgehead atoms. The summed E-state index contributed by atoms with van der Waals surface area (Å²) in [5.74, 6) is 0.669. The van der Waals surface area contributed by atoms with Crippen LogP contribution in [-0.4, -0.2) is 17.0 Å². The number of aryl methyl sites for hydroxylation is 4. The Labute approximate surface area is 108 Å². The summed E-state index contributed by atoms with van der Waals surface area (Å²) in [5, 5.41) is 3.00. The Bertz CT molecular complexity index is 589. The molecule has 18 heavy (non-hydrogen) atoms. The molecule has 0 unspecified atom stereocenters. The lowest BCUT2D eigenvalue weighted by Crippen LogP contribution is -2.00. The van der Waals surface area contributed by atoms with Crippen LogP contribution >= 0.6 is 0 Å². The van der Waals surface area contributed by atoms with Gasteiger partial charge in [0.2, 0.25) is 5.95 Å². The quantitative estimate of drug-likeness (QED) is 0.875. The van der Waals surface area contributed by atoms with Crippen LogP contribution in [0, 0.1) is 27.7 Å². The molecule has 2 rings (SSSR count). The van der Waals surface area contributed by atoms with E-state index < -0.39 is 0 Å². The molecule has 0 aliphatic heterocycles. The van der Waals surface area contributed by atoms with Gasteiger partial charge in [-0.1, -0.05) is 6.07 Å². The second kappa shape index (κ2) is 4.77. The van der Waals surface area contributed by atoms with Crippen LogP contribution in [0.5, 0.6) is 0 Å². The molecule has 0 saturated heterocycles. The molecule has 2 aromatic rings. The highest BCUT2D eigenvalue weighted by Gasteiger charge is 2.08. The summed E-state index contributed by atoms with van der Waals surface area (Å²) in [6.07, 6.45) is 0. The van der Waals surface area contributed by atoms with E-state index >= 15 is 0 Å². The molecule has 3 nitrogen and oxygen atoms in total. The van der Waals surface area contributed by atoms with Crippen LogP contribution in [-0.2, 0) is 0 Å². The molecule has 1 aromatic heterocycles. The van der Waals surface area contributed by atoms with Crippen LogP contribution in [0.1, 0.15) is 22.4 Å². The fourth-order valence-electron chi connectivity index (χ4n) is 2.05. The van der Waals surface area contributed by atoms with Gasteiger partial charge < -0.3 is 5.32 Å². The molecule has 0 spiro atoms. The first-order valence-electron chi connectivity index (χ1n) is 6.13. The maximum atomic E-state index is 4.53. The minimum absolute atomic E-state index is 0.669. The van der Waals surface area contributed by atoms with Crippen molar-refractivity contribution in [3.05, 3.63) is 40.6 Å². The van der Waals surface area contributed by atoms with Gasteiger partial charge in [0, 0.05) is 18.3 Å². The van der Waals surface area contributed by atoms with E-state index in [0.29, 0.717) is 5.95 Å². The van der Waals surface area contributed by atoms with Gasteiger partial charge in [-0.2, -0.15) is 0 Å². The Morgan fingerprint density at radius 3 is 2.17 bits per heavy atom. The third-order valence-corrected chi connectivity index (χ3v) is 3.19. The van der Waals surface area contributed by atoms with Gasteiger partial charge in [0.05, 0.1) is 5.69 Å². The van der Waals surface area contributed by atoms with Crippen molar-refractivity contribution in [2.45, 2.75) is 27.7 Å². The Morgan fingerprint density at radius 1 is 0.833 bits per heavy atom. The van der Waals surface area contributed by atoms with E-state index in [9.17, 15) is 0 Å². The van der Waals surface area contributed by atoms with E-state index in [2.05, 4.69) is 48.2 Å². The zero-order valence-electron chi connectivity index (χ0n) is 11.6. The van der Waals surface area contributed by atoms with Crippen molar-refractivity contribution in [2.24, 2.45) is 0 Å². The molecule has 0 fully saturated rings. The second-order valence-corrected chi connectivity index (χ2v) is 4.72. The van der Waals surface area contributed by atoms with Crippen LogP contribution in [0.15, 0.2) is 18.2 Å². The van der Waals surface area contributed by atoms with Gasteiger partial charge in [-0.25, -0.2) is 9.97 Å². The molecule has 1 heterocycles. The summed E-state index contributed by atoms with van der Waals surface area (Å²) in [4.78, 5) is 8.86. The topological polar surface area (TPSA) is 37.8 Å². The second-order valence-electron chi connectivity index (χ2n) is 4.72. The van der Waals surface area contributed by atoms with Crippen molar-refractivity contribution in [1.29, 1.82) is 0 Å². The molecular formula is C15H19N3. The lowest BCUT2D eigenvalue weighted by Gasteiger charge is -2.11. The molecule has 0 aliphatic carbocycles. The highest BCUT2D eigenvalue weighted by molar-refractivity contribution is 5.66. The van der Waals surface area contributed by atoms with E-state index in [1.165, 1.54) is 22.3 Å². The third-order valence-electron chi connectivity index (χ3n) is 3.19. The van der Waals surface area contributed by atoms with Gasteiger partial charge in [-0.15, -0.1) is 0 Å². The number of anilines is 1. The first-order chi connectivity index (χ1) is 8.51. The lowest BCUT2D eigenvalue weighted by molar-refractivity contribution is 1.10. The van der Waals surface area contributed by atoms with Gasteiger partial charge in [-0.05, 0) is 56.5 Å². The minimum atomic E-state index is 0.669. The summed E-state index contributed by atoms with van der Waals surface area (Å²) >= 11 is 0. The number of hydrogen-bond donors (Lipinski definition) is 1. The van der Waals surface area contributed by atoms with Crippen LogP contribution < -0.4 is 5.32 Å². The normalized spacial score (nSPS) is 10.5. The third kappa shape index (κ3) is 2.35. The fraction of sp³-hybridized carbons (Fsp3) is 0.333. The molecule has 0 amide bonds. The predicted octanol–water partition coefficient (Wildman–Crippen LogP) is 3.42. The molecule has 1 aromatic carbocycles. The molecular weight excluding hydrogens is 222 g/mol. The fourth-order valence-corrected chi connectivity index (χ4v) is 2.05. The van der Waals surface area contributed by atoms with Gasteiger partial charge in [0.1, 0.15) is 0 Å². The zero-order chi connectivity index (χ0) is 13.3. The lowest BCUT2D eigenvalue weighted by atomic mass is 9.98. The highest BCUT2D eigenvalue weighted by atomic mass is 15.1.